The van der Waals surface area contributed by atoms with E-state index in [1.54, 1.807) is 21.1 Å². The first-order chi connectivity index (χ1) is 14.1. The normalized spacial score (nSPS) is 14.3. The van der Waals surface area contributed by atoms with Gasteiger partial charge in [-0.1, -0.05) is 30.3 Å². The van der Waals surface area contributed by atoms with Crippen molar-refractivity contribution in [2.45, 2.75) is 32.4 Å². The number of fused-ring (bicyclic) bond motifs is 1. The van der Waals surface area contributed by atoms with Crippen molar-refractivity contribution in [3.63, 3.8) is 0 Å². The second-order valence-corrected chi connectivity index (χ2v) is 7.84. The summed E-state index contributed by atoms with van der Waals surface area (Å²) in [6.45, 7) is 2.72. The van der Waals surface area contributed by atoms with Gasteiger partial charge in [-0.15, -0.1) is 0 Å². The summed E-state index contributed by atoms with van der Waals surface area (Å²) in [5.74, 6) is -0.0723. The third-order valence-electron chi connectivity index (χ3n) is 5.87. The Kier molecular flexibility index (Phi) is 5.43. The van der Waals surface area contributed by atoms with Crippen LogP contribution in [0, 0.1) is 0 Å². The molecule has 0 N–H and O–H groups in total. The van der Waals surface area contributed by atoms with Gasteiger partial charge in [0, 0.05) is 39.4 Å². The van der Waals surface area contributed by atoms with E-state index < -0.39 is 0 Å². The number of aromatic nitrogens is 2. The van der Waals surface area contributed by atoms with Gasteiger partial charge in [0.1, 0.15) is 6.54 Å². The van der Waals surface area contributed by atoms with E-state index in [1.165, 1.54) is 24.9 Å². The van der Waals surface area contributed by atoms with Crippen molar-refractivity contribution in [2.75, 3.05) is 25.0 Å². The number of hydrogen-bond donors (Lipinski definition) is 0. The molecule has 2 aromatic carbocycles. The maximum atomic E-state index is 13.0. The number of amides is 1. The third kappa shape index (κ3) is 3.79. The number of carbonyl (C=O) groups is 1. The average molecular weight is 393 g/mol. The molecule has 1 saturated heterocycles. The number of anilines is 1. The number of likely N-dealkylation sites (N-methyl/N-ethyl adjacent to an activating group) is 1. The van der Waals surface area contributed by atoms with E-state index in [2.05, 4.69) is 23.1 Å². The quantitative estimate of drug-likeness (QED) is 0.671. The van der Waals surface area contributed by atoms with E-state index in [0.717, 1.165) is 29.7 Å². The first kappa shape index (κ1) is 19.3. The smallest absolute Gasteiger partial charge is 0.329 e. The summed E-state index contributed by atoms with van der Waals surface area (Å²) < 4.78 is 3.15. The number of aryl methyl sites for hydroxylation is 1. The fourth-order valence-corrected chi connectivity index (χ4v) is 4.20. The molecule has 0 spiro atoms. The van der Waals surface area contributed by atoms with Crippen LogP contribution in [0.4, 0.5) is 5.69 Å². The Morgan fingerprint density at radius 3 is 2.38 bits per heavy atom. The molecule has 3 aromatic rings. The van der Waals surface area contributed by atoms with Gasteiger partial charge in [-0.3, -0.25) is 13.9 Å². The lowest BCUT2D eigenvalue weighted by molar-refractivity contribution is -0.131. The Morgan fingerprint density at radius 1 is 0.966 bits per heavy atom. The van der Waals surface area contributed by atoms with Crippen molar-refractivity contribution >= 4 is 22.6 Å². The molecule has 0 radical (unpaired) electrons. The first-order valence-electron chi connectivity index (χ1n) is 10.3. The lowest BCUT2D eigenvalue weighted by Gasteiger charge is -2.31. The number of benzene rings is 2. The van der Waals surface area contributed by atoms with Gasteiger partial charge in [-0.2, -0.15) is 0 Å². The average Bonchev–Trinajstić information content (AvgIpc) is 3.00. The molecule has 1 aliphatic heterocycles. The van der Waals surface area contributed by atoms with Gasteiger partial charge in [-0.25, -0.2) is 4.79 Å². The Hall–Kier alpha value is -3.02. The molecule has 0 atom stereocenters. The van der Waals surface area contributed by atoms with Crippen molar-refractivity contribution in [3.05, 3.63) is 64.6 Å². The summed E-state index contributed by atoms with van der Waals surface area (Å²) in [6, 6.07) is 15.9. The summed E-state index contributed by atoms with van der Waals surface area (Å²) in [4.78, 5) is 29.7. The number of hydrogen-bond acceptors (Lipinski definition) is 3. The highest BCUT2D eigenvalue weighted by Crippen LogP contribution is 2.25. The van der Waals surface area contributed by atoms with Crippen LogP contribution in [0.15, 0.2) is 53.3 Å². The number of piperidine rings is 1. The van der Waals surface area contributed by atoms with Gasteiger partial charge >= 0.3 is 5.69 Å². The third-order valence-corrected chi connectivity index (χ3v) is 5.87. The van der Waals surface area contributed by atoms with E-state index >= 15 is 0 Å². The highest BCUT2D eigenvalue weighted by molar-refractivity contribution is 5.81. The van der Waals surface area contributed by atoms with Crippen molar-refractivity contribution < 1.29 is 4.79 Å². The Balaban J connectivity index is 1.53. The van der Waals surface area contributed by atoms with E-state index in [1.807, 2.05) is 37.4 Å². The van der Waals surface area contributed by atoms with Crippen LogP contribution in [0.1, 0.15) is 24.8 Å². The summed E-state index contributed by atoms with van der Waals surface area (Å²) in [7, 11) is 3.55. The van der Waals surface area contributed by atoms with Gasteiger partial charge < -0.3 is 9.80 Å². The minimum atomic E-state index is -0.165. The fourth-order valence-electron chi connectivity index (χ4n) is 4.20. The van der Waals surface area contributed by atoms with Crippen molar-refractivity contribution in [1.82, 2.24) is 14.0 Å². The lowest BCUT2D eigenvalue weighted by atomic mass is 10.1. The summed E-state index contributed by atoms with van der Waals surface area (Å²) in [6.07, 6.45) is 3.72. The molecule has 4 rings (SSSR count). The second kappa shape index (κ2) is 8.15. The van der Waals surface area contributed by atoms with Crippen LogP contribution in [0.3, 0.4) is 0 Å². The van der Waals surface area contributed by atoms with Gasteiger partial charge in [0.25, 0.3) is 0 Å². The monoisotopic (exact) mass is 392 g/mol. The largest absolute Gasteiger partial charge is 0.371 e. The Morgan fingerprint density at radius 2 is 1.62 bits per heavy atom. The van der Waals surface area contributed by atoms with Gasteiger partial charge in [-0.05, 0) is 43.0 Å². The predicted molar refractivity (Wildman–Crippen MR) is 116 cm³/mol. The predicted octanol–water partition coefficient (Wildman–Crippen LogP) is 2.99. The van der Waals surface area contributed by atoms with Crippen LogP contribution >= 0.6 is 0 Å². The lowest BCUT2D eigenvalue weighted by Crippen LogP contribution is -2.35. The maximum absolute atomic E-state index is 13.0. The Labute approximate surface area is 171 Å². The molecule has 1 aliphatic rings. The minimum Gasteiger partial charge on any atom is -0.371 e. The Bertz CT molecular complexity index is 1080. The van der Waals surface area contributed by atoms with Crippen LogP contribution in [-0.2, 0) is 24.9 Å². The van der Waals surface area contributed by atoms with Gasteiger partial charge in [0.15, 0.2) is 0 Å². The van der Waals surface area contributed by atoms with E-state index in [0.29, 0.717) is 6.54 Å². The van der Waals surface area contributed by atoms with Crippen molar-refractivity contribution in [1.29, 1.82) is 0 Å². The van der Waals surface area contributed by atoms with Crippen LogP contribution in [0.25, 0.3) is 11.0 Å². The standard InChI is InChI=1S/C23H28N4O2/c1-24(16-18-10-4-5-11-19(18)26-14-8-3-9-15-26)22(28)17-27-21-13-7-6-12-20(21)25(2)23(27)29/h4-7,10-13H,3,8-9,14-17H2,1-2H3. The topological polar surface area (TPSA) is 50.5 Å². The number of rotatable bonds is 5. The molecule has 1 fully saturated rings. The van der Waals surface area contributed by atoms with Crippen LogP contribution in [0.2, 0.25) is 0 Å². The number of para-hydroxylation sites is 3. The molecule has 2 heterocycles. The van der Waals surface area contributed by atoms with Crippen LogP contribution in [-0.4, -0.2) is 40.1 Å². The SMILES string of the molecule is CN(Cc1ccccc1N1CCCCC1)C(=O)Cn1c(=O)n(C)c2ccccc21. The van der Waals surface area contributed by atoms with Crippen molar-refractivity contribution in [2.24, 2.45) is 7.05 Å². The molecule has 6 heteroatoms. The molecule has 0 saturated carbocycles. The van der Waals surface area contributed by atoms with Gasteiger partial charge in [0.2, 0.25) is 5.91 Å². The minimum absolute atomic E-state index is 0.0442. The molecule has 1 aromatic heterocycles. The summed E-state index contributed by atoms with van der Waals surface area (Å²) >= 11 is 0. The zero-order chi connectivity index (χ0) is 20.4. The molecular weight excluding hydrogens is 364 g/mol. The summed E-state index contributed by atoms with van der Waals surface area (Å²) in [5.41, 5.74) is 3.82. The molecule has 0 unspecified atom stereocenters. The molecular formula is C23H28N4O2. The first-order valence-corrected chi connectivity index (χ1v) is 10.3. The highest BCUT2D eigenvalue weighted by atomic mass is 16.2. The van der Waals surface area contributed by atoms with E-state index in [4.69, 9.17) is 0 Å². The second-order valence-electron chi connectivity index (χ2n) is 7.84. The molecule has 0 aliphatic carbocycles. The maximum Gasteiger partial charge on any atom is 0.329 e. The number of nitrogens with zero attached hydrogens (tertiary/aromatic N) is 4. The molecule has 0 bridgehead atoms. The molecule has 29 heavy (non-hydrogen) atoms. The molecule has 152 valence electrons. The van der Waals surface area contributed by atoms with Crippen LogP contribution in [0.5, 0.6) is 0 Å². The van der Waals surface area contributed by atoms with Gasteiger partial charge in [0.05, 0.1) is 11.0 Å². The molecule has 1 amide bonds. The highest BCUT2D eigenvalue weighted by Gasteiger charge is 2.19. The van der Waals surface area contributed by atoms with E-state index in [9.17, 15) is 9.59 Å². The zero-order valence-electron chi connectivity index (χ0n) is 17.2. The molecule has 6 nitrogen and oxygen atoms in total. The van der Waals surface area contributed by atoms with E-state index in [-0.39, 0.29) is 18.1 Å². The zero-order valence-corrected chi connectivity index (χ0v) is 17.2. The summed E-state index contributed by atoms with van der Waals surface area (Å²) in [5, 5.41) is 0. The fraction of sp³-hybridized carbons (Fsp3) is 0.391. The number of imidazole rings is 1. The number of carbonyl (C=O) groups excluding carboxylic acids is 1. The van der Waals surface area contributed by atoms with Crippen LogP contribution < -0.4 is 10.6 Å². The van der Waals surface area contributed by atoms with Crippen molar-refractivity contribution in [3.8, 4) is 0 Å².